The van der Waals surface area contributed by atoms with Gasteiger partial charge < -0.3 is 15.4 Å². The molecule has 0 aliphatic carbocycles. The van der Waals surface area contributed by atoms with Crippen molar-refractivity contribution in [3.8, 4) is 11.3 Å². The molecule has 0 saturated heterocycles. The minimum atomic E-state index is -0.501. The molecule has 0 aliphatic rings. The maximum Gasteiger partial charge on any atom is 0.407 e. The molecule has 23 heavy (non-hydrogen) atoms. The number of nitrogens with zero attached hydrogens (tertiary/aromatic N) is 3. The molecule has 7 nitrogen and oxygen atoms in total. The van der Waals surface area contributed by atoms with E-state index >= 15 is 0 Å². The van der Waals surface area contributed by atoms with Crippen LogP contribution in [0.5, 0.6) is 0 Å². The van der Waals surface area contributed by atoms with Gasteiger partial charge in [-0.3, -0.25) is 4.98 Å². The second kappa shape index (κ2) is 7.53. The van der Waals surface area contributed by atoms with Gasteiger partial charge in [-0.05, 0) is 39.0 Å². The van der Waals surface area contributed by atoms with Crippen LogP contribution in [-0.4, -0.2) is 39.7 Å². The second-order valence-corrected chi connectivity index (χ2v) is 5.86. The Bertz CT molecular complexity index is 640. The maximum absolute atomic E-state index is 11.5. The van der Waals surface area contributed by atoms with Crippen LogP contribution in [0.15, 0.2) is 36.8 Å². The highest BCUT2D eigenvalue weighted by molar-refractivity contribution is 5.67. The molecule has 2 heterocycles. The lowest BCUT2D eigenvalue weighted by Crippen LogP contribution is -2.35. The van der Waals surface area contributed by atoms with E-state index in [1.54, 1.807) is 18.6 Å². The predicted molar refractivity (Wildman–Crippen MR) is 88.0 cm³/mol. The minimum absolute atomic E-state index is 0.414. The Hall–Kier alpha value is -2.70. The Morgan fingerprint density at radius 3 is 2.57 bits per heavy atom. The number of amides is 1. The van der Waals surface area contributed by atoms with E-state index < -0.39 is 11.7 Å². The van der Waals surface area contributed by atoms with Crippen LogP contribution in [0.1, 0.15) is 20.8 Å². The van der Waals surface area contributed by atoms with Gasteiger partial charge in [0, 0.05) is 37.2 Å². The Kier molecular flexibility index (Phi) is 5.46. The number of alkyl carbamates (subject to hydrolysis) is 1. The van der Waals surface area contributed by atoms with E-state index in [1.807, 2.05) is 39.0 Å². The van der Waals surface area contributed by atoms with Gasteiger partial charge in [0.1, 0.15) is 5.60 Å². The van der Waals surface area contributed by atoms with Crippen LogP contribution in [0.25, 0.3) is 11.3 Å². The standard InChI is InChI=1S/C16H21N5O2/c1-16(2,3)23-15(22)20-11-10-19-14-18-9-6-13(21-14)12-4-7-17-8-5-12/h4-9H,10-11H2,1-3H3,(H,20,22)(H,18,19,21). The van der Waals surface area contributed by atoms with Gasteiger partial charge in [-0.1, -0.05) is 0 Å². The van der Waals surface area contributed by atoms with Gasteiger partial charge in [-0.15, -0.1) is 0 Å². The Morgan fingerprint density at radius 1 is 1.13 bits per heavy atom. The first-order valence-electron chi connectivity index (χ1n) is 7.38. The van der Waals surface area contributed by atoms with Crippen LogP contribution in [0.2, 0.25) is 0 Å². The fraction of sp³-hybridized carbons (Fsp3) is 0.375. The third-order valence-corrected chi connectivity index (χ3v) is 2.71. The lowest BCUT2D eigenvalue weighted by molar-refractivity contribution is 0.0530. The average Bonchev–Trinajstić information content (AvgIpc) is 2.51. The first-order chi connectivity index (χ1) is 10.9. The highest BCUT2D eigenvalue weighted by Gasteiger charge is 2.15. The molecule has 0 bridgehead atoms. The summed E-state index contributed by atoms with van der Waals surface area (Å²) in [6, 6.07) is 5.60. The molecule has 0 unspecified atom stereocenters. The van der Waals surface area contributed by atoms with E-state index in [0.29, 0.717) is 19.0 Å². The lowest BCUT2D eigenvalue weighted by atomic mass is 10.2. The fourth-order valence-corrected chi connectivity index (χ4v) is 1.78. The van der Waals surface area contributed by atoms with Crippen molar-refractivity contribution in [2.24, 2.45) is 0 Å². The molecule has 0 saturated carbocycles. The summed E-state index contributed by atoms with van der Waals surface area (Å²) in [6.45, 7) is 6.38. The van der Waals surface area contributed by atoms with Crippen molar-refractivity contribution in [3.05, 3.63) is 36.8 Å². The monoisotopic (exact) mass is 315 g/mol. The zero-order chi connectivity index (χ0) is 16.7. The molecule has 0 atom stereocenters. The van der Waals surface area contributed by atoms with Crippen molar-refractivity contribution in [1.29, 1.82) is 0 Å². The maximum atomic E-state index is 11.5. The summed E-state index contributed by atoms with van der Waals surface area (Å²) in [5, 5.41) is 5.73. The number of carbonyl (C=O) groups excluding carboxylic acids is 1. The van der Waals surface area contributed by atoms with Gasteiger partial charge in [-0.2, -0.15) is 0 Å². The molecular weight excluding hydrogens is 294 g/mol. The molecule has 0 fully saturated rings. The van der Waals surface area contributed by atoms with Crippen molar-refractivity contribution in [3.63, 3.8) is 0 Å². The molecule has 0 aliphatic heterocycles. The summed E-state index contributed by atoms with van der Waals surface area (Å²) in [4.78, 5) is 24.1. The average molecular weight is 315 g/mol. The molecule has 1 amide bonds. The smallest absolute Gasteiger partial charge is 0.407 e. The van der Waals surface area contributed by atoms with Crippen molar-refractivity contribution < 1.29 is 9.53 Å². The van der Waals surface area contributed by atoms with E-state index in [2.05, 4.69) is 25.6 Å². The highest BCUT2D eigenvalue weighted by atomic mass is 16.6. The SMILES string of the molecule is CC(C)(C)OC(=O)NCCNc1nccc(-c2ccncc2)n1. The van der Waals surface area contributed by atoms with E-state index in [9.17, 15) is 4.79 Å². The molecule has 2 rings (SSSR count). The predicted octanol–water partition coefficient (Wildman–Crippen LogP) is 2.48. The number of rotatable bonds is 5. The van der Waals surface area contributed by atoms with Crippen molar-refractivity contribution in [2.45, 2.75) is 26.4 Å². The summed E-state index contributed by atoms with van der Waals surface area (Å²) in [7, 11) is 0. The molecule has 2 N–H and O–H groups in total. The summed E-state index contributed by atoms with van der Waals surface area (Å²) in [5.74, 6) is 0.505. The van der Waals surface area contributed by atoms with Gasteiger partial charge in [0.05, 0.1) is 5.69 Å². The molecule has 0 spiro atoms. The van der Waals surface area contributed by atoms with Crippen LogP contribution in [0, 0.1) is 0 Å². The highest BCUT2D eigenvalue weighted by Crippen LogP contribution is 2.15. The van der Waals surface area contributed by atoms with Gasteiger partial charge in [-0.25, -0.2) is 14.8 Å². The van der Waals surface area contributed by atoms with Gasteiger partial charge in [0.15, 0.2) is 0 Å². The molecule has 2 aromatic heterocycles. The summed E-state index contributed by atoms with van der Waals surface area (Å²) < 4.78 is 5.15. The number of nitrogens with one attached hydrogen (secondary N) is 2. The zero-order valence-electron chi connectivity index (χ0n) is 13.5. The third-order valence-electron chi connectivity index (χ3n) is 2.71. The number of hydrogen-bond acceptors (Lipinski definition) is 6. The van der Waals surface area contributed by atoms with Gasteiger partial charge >= 0.3 is 6.09 Å². The summed E-state index contributed by atoms with van der Waals surface area (Å²) in [5.41, 5.74) is 1.28. The van der Waals surface area contributed by atoms with Crippen LogP contribution in [0.4, 0.5) is 10.7 Å². The number of aromatic nitrogens is 3. The quantitative estimate of drug-likeness (QED) is 0.824. The van der Waals surface area contributed by atoms with E-state index in [-0.39, 0.29) is 0 Å². The molecule has 0 aromatic carbocycles. The van der Waals surface area contributed by atoms with Crippen LogP contribution in [-0.2, 0) is 4.74 Å². The number of ether oxygens (including phenoxy) is 1. The number of hydrogen-bond donors (Lipinski definition) is 2. The van der Waals surface area contributed by atoms with Gasteiger partial charge in [0.25, 0.3) is 0 Å². The molecule has 0 radical (unpaired) electrons. The van der Waals surface area contributed by atoms with Crippen molar-refractivity contribution >= 4 is 12.0 Å². The summed E-state index contributed by atoms with van der Waals surface area (Å²) >= 11 is 0. The third kappa shape index (κ3) is 5.90. The van der Waals surface area contributed by atoms with E-state index in [1.165, 1.54) is 0 Å². The fourth-order valence-electron chi connectivity index (χ4n) is 1.78. The zero-order valence-corrected chi connectivity index (χ0v) is 13.5. The minimum Gasteiger partial charge on any atom is -0.444 e. The largest absolute Gasteiger partial charge is 0.444 e. The Balaban J connectivity index is 1.82. The van der Waals surface area contributed by atoms with Crippen LogP contribution < -0.4 is 10.6 Å². The summed E-state index contributed by atoms with van der Waals surface area (Å²) in [6.07, 6.45) is 4.68. The lowest BCUT2D eigenvalue weighted by Gasteiger charge is -2.19. The Labute approximate surface area is 135 Å². The topological polar surface area (TPSA) is 89.0 Å². The molecular formula is C16H21N5O2. The molecule has 7 heteroatoms. The first kappa shape index (κ1) is 16.7. The first-order valence-corrected chi connectivity index (χ1v) is 7.38. The number of pyridine rings is 1. The van der Waals surface area contributed by atoms with Crippen LogP contribution in [0.3, 0.4) is 0 Å². The molecule has 122 valence electrons. The van der Waals surface area contributed by atoms with Crippen LogP contribution >= 0.6 is 0 Å². The Morgan fingerprint density at radius 2 is 1.87 bits per heavy atom. The number of carbonyl (C=O) groups is 1. The second-order valence-electron chi connectivity index (χ2n) is 5.86. The normalized spacial score (nSPS) is 10.9. The molecule has 2 aromatic rings. The van der Waals surface area contributed by atoms with Crippen molar-refractivity contribution in [2.75, 3.05) is 18.4 Å². The number of anilines is 1. The van der Waals surface area contributed by atoms with Crippen molar-refractivity contribution in [1.82, 2.24) is 20.3 Å². The van der Waals surface area contributed by atoms with E-state index in [4.69, 9.17) is 4.74 Å². The van der Waals surface area contributed by atoms with E-state index in [0.717, 1.165) is 11.3 Å². The van der Waals surface area contributed by atoms with Gasteiger partial charge in [0.2, 0.25) is 5.95 Å².